The lowest BCUT2D eigenvalue weighted by atomic mass is 10.1. The van der Waals surface area contributed by atoms with E-state index in [0.29, 0.717) is 13.0 Å². The first-order valence-corrected chi connectivity index (χ1v) is 8.33. The summed E-state index contributed by atoms with van der Waals surface area (Å²) in [6.45, 7) is 0.455. The second kappa shape index (κ2) is 8.21. The van der Waals surface area contributed by atoms with E-state index >= 15 is 0 Å². The number of nitrogens with zero attached hydrogens (tertiary/aromatic N) is 1. The lowest BCUT2D eigenvalue weighted by Crippen LogP contribution is -2.38. The van der Waals surface area contributed by atoms with Crippen molar-refractivity contribution in [3.05, 3.63) is 24.3 Å². The molecule has 7 heteroatoms. The van der Waals surface area contributed by atoms with Crippen LogP contribution < -0.4 is 4.74 Å². The summed E-state index contributed by atoms with van der Waals surface area (Å²) in [7, 11) is 3.19. The molecule has 1 heterocycles. The summed E-state index contributed by atoms with van der Waals surface area (Å²) in [6, 6.07) is 7.19. The van der Waals surface area contributed by atoms with E-state index in [1.807, 2.05) is 24.3 Å². The van der Waals surface area contributed by atoms with Gasteiger partial charge in [0.1, 0.15) is 5.75 Å². The highest BCUT2D eigenvalue weighted by atomic mass is 32.2. The Balaban J connectivity index is 1.93. The highest BCUT2D eigenvalue weighted by Crippen LogP contribution is 2.26. The zero-order valence-electron chi connectivity index (χ0n) is 13.2. The van der Waals surface area contributed by atoms with Gasteiger partial charge in [-0.15, -0.1) is 11.8 Å². The smallest absolute Gasteiger partial charge is 0.305 e. The van der Waals surface area contributed by atoms with Crippen LogP contribution in [0.15, 0.2) is 29.2 Å². The van der Waals surface area contributed by atoms with Gasteiger partial charge >= 0.3 is 5.97 Å². The molecule has 1 fully saturated rings. The molecule has 1 aromatic carbocycles. The lowest BCUT2D eigenvalue weighted by molar-refractivity contribution is -0.139. The number of thioether (sulfide) groups is 1. The van der Waals surface area contributed by atoms with Gasteiger partial charge in [-0.1, -0.05) is 0 Å². The first kappa shape index (κ1) is 17.6. The second-order valence-electron chi connectivity index (χ2n) is 5.36. The van der Waals surface area contributed by atoms with Crippen LogP contribution in [0.5, 0.6) is 5.75 Å². The predicted octanol–water partition coefficient (Wildman–Crippen LogP) is 1.88. The molecule has 2 atom stereocenters. The fourth-order valence-electron chi connectivity index (χ4n) is 2.64. The number of rotatable bonds is 7. The third kappa shape index (κ3) is 4.87. The number of hydrogen-bond acceptors (Lipinski definition) is 5. The molecule has 1 aromatic rings. The summed E-state index contributed by atoms with van der Waals surface area (Å²) in [4.78, 5) is 26.0. The fourth-order valence-corrected chi connectivity index (χ4v) is 3.43. The van der Waals surface area contributed by atoms with Crippen molar-refractivity contribution in [3.8, 4) is 5.75 Å². The molecule has 0 spiro atoms. The van der Waals surface area contributed by atoms with E-state index in [1.165, 1.54) is 11.8 Å². The van der Waals surface area contributed by atoms with Crippen molar-refractivity contribution in [2.45, 2.75) is 29.9 Å². The molecule has 1 N–H and O–H groups in total. The number of hydrogen-bond donors (Lipinski definition) is 1. The average Bonchev–Trinajstić information content (AvgIpc) is 2.95. The quantitative estimate of drug-likeness (QED) is 0.765. The third-order valence-electron chi connectivity index (χ3n) is 3.86. The number of aliphatic carboxylic acids is 1. The van der Waals surface area contributed by atoms with Gasteiger partial charge < -0.3 is 19.5 Å². The van der Waals surface area contributed by atoms with Gasteiger partial charge in [-0.3, -0.25) is 9.59 Å². The Kier molecular flexibility index (Phi) is 6.29. The Morgan fingerprint density at radius 3 is 2.57 bits per heavy atom. The maximum atomic E-state index is 12.4. The molecular formula is C16H21NO5S. The average molecular weight is 339 g/mol. The van der Waals surface area contributed by atoms with Gasteiger partial charge in [-0.2, -0.15) is 0 Å². The summed E-state index contributed by atoms with van der Waals surface area (Å²) in [5, 5.41) is 8.99. The molecule has 0 bridgehead atoms. The summed E-state index contributed by atoms with van der Waals surface area (Å²) in [5.74, 6) is 0.0902. The molecule has 1 aliphatic heterocycles. The number of likely N-dealkylation sites (tertiary alicyclic amines) is 1. The molecule has 1 aliphatic rings. The van der Waals surface area contributed by atoms with Crippen LogP contribution in [-0.2, 0) is 14.3 Å². The van der Waals surface area contributed by atoms with E-state index in [1.54, 1.807) is 19.1 Å². The Morgan fingerprint density at radius 1 is 1.30 bits per heavy atom. The van der Waals surface area contributed by atoms with Gasteiger partial charge in [0.15, 0.2) is 0 Å². The van der Waals surface area contributed by atoms with Crippen LogP contribution in [0.2, 0.25) is 0 Å². The van der Waals surface area contributed by atoms with Crippen LogP contribution in [0.25, 0.3) is 0 Å². The fraction of sp³-hybridized carbons (Fsp3) is 0.500. The van der Waals surface area contributed by atoms with Gasteiger partial charge in [0.05, 0.1) is 25.4 Å². The normalized spacial score (nSPS) is 20.5. The molecule has 6 nitrogen and oxygen atoms in total. The zero-order chi connectivity index (χ0) is 16.8. The minimum atomic E-state index is -0.896. The summed E-state index contributed by atoms with van der Waals surface area (Å²) < 4.78 is 10.4. The number of carbonyl (C=O) groups is 2. The van der Waals surface area contributed by atoms with Gasteiger partial charge in [0.2, 0.25) is 5.91 Å². The van der Waals surface area contributed by atoms with Crippen molar-refractivity contribution in [1.29, 1.82) is 0 Å². The zero-order valence-corrected chi connectivity index (χ0v) is 14.0. The number of benzene rings is 1. The van der Waals surface area contributed by atoms with Gasteiger partial charge in [0, 0.05) is 24.6 Å². The monoisotopic (exact) mass is 339 g/mol. The molecule has 23 heavy (non-hydrogen) atoms. The molecule has 2 rings (SSSR count). The van der Waals surface area contributed by atoms with E-state index in [9.17, 15) is 9.59 Å². The van der Waals surface area contributed by atoms with Crippen molar-refractivity contribution in [2.75, 3.05) is 26.5 Å². The number of carboxylic acids is 1. The van der Waals surface area contributed by atoms with E-state index in [0.717, 1.165) is 10.6 Å². The Bertz CT molecular complexity index is 548. The summed E-state index contributed by atoms with van der Waals surface area (Å²) in [5.41, 5.74) is 0. The molecular weight excluding hydrogens is 318 g/mol. The maximum absolute atomic E-state index is 12.4. The van der Waals surface area contributed by atoms with Crippen molar-refractivity contribution in [1.82, 2.24) is 4.90 Å². The van der Waals surface area contributed by atoms with Crippen molar-refractivity contribution in [2.24, 2.45) is 0 Å². The van der Waals surface area contributed by atoms with Crippen molar-refractivity contribution < 1.29 is 24.2 Å². The lowest BCUT2D eigenvalue weighted by Gasteiger charge is -2.23. The van der Waals surface area contributed by atoms with Crippen LogP contribution in [0.3, 0.4) is 0 Å². The number of carboxylic acid groups (broad SMARTS) is 1. The topological polar surface area (TPSA) is 76.1 Å². The van der Waals surface area contributed by atoms with Crippen LogP contribution >= 0.6 is 11.8 Å². The van der Waals surface area contributed by atoms with Gasteiger partial charge in [-0.25, -0.2) is 0 Å². The van der Waals surface area contributed by atoms with E-state index in [2.05, 4.69) is 0 Å². The summed E-state index contributed by atoms with van der Waals surface area (Å²) in [6.07, 6.45) is 0.440. The minimum absolute atomic E-state index is 0.0429. The SMILES string of the molecule is COc1ccc(SCC(=O)N2CC(OC)CC2CC(=O)O)cc1. The number of amides is 1. The molecule has 0 aliphatic carbocycles. The Hall–Kier alpha value is -1.73. The van der Waals surface area contributed by atoms with Crippen LogP contribution in [0, 0.1) is 0 Å². The molecule has 1 amide bonds. The largest absolute Gasteiger partial charge is 0.497 e. The first-order chi connectivity index (χ1) is 11.0. The molecule has 2 unspecified atom stereocenters. The van der Waals surface area contributed by atoms with E-state index in [4.69, 9.17) is 14.6 Å². The molecule has 0 aromatic heterocycles. The standard InChI is InChI=1S/C16H21NO5S/c1-21-12-3-5-14(6-4-12)23-10-15(18)17-9-13(22-2)7-11(17)8-16(19)20/h3-6,11,13H,7-10H2,1-2H3,(H,19,20). The highest BCUT2D eigenvalue weighted by molar-refractivity contribution is 8.00. The summed E-state index contributed by atoms with van der Waals surface area (Å²) >= 11 is 1.43. The molecule has 0 radical (unpaired) electrons. The second-order valence-corrected chi connectivity index (χ2v) is 6.40. The van der Waals surface area contributed by atoms with Crippen LogP contribution in [-0.4, -0.2) is 60.5 Å². The van der Waals surface area contributed by atoms with Gasteiger partial charge in [0.25, 0.3) is 0 Å². The number of methoxy groups -OCH3 is 2. The Morgan fingerprint density at radius 2 is 2.00 bits per heavy atom. The Labute approximate surface area is 139 Å². The number of carbonyl (C=O) groups excluding carboxylic acids is 1. The predicted molar refractivity (Wildman–Crippen MR) is 86.9 cm³/mol. The van der Waals surface area contributed by atoms with E-state index < -0.39 is 5.97 Å². The van der Waals surface area contributed by atoms with E-state index in [-0.39, 0.29) is 30.2 Å². The minimum Gasteiger partial charge on any atom is -0.497 e. The van der Waals surface area contributed by atoms with Crippen molar-refractivity contribution in [3.63, 3.8) is 0 Å². The molecule has 0 saturated carbocycles. The number of ether oxygens (including phenoxy) is 2. The van der Waals surface area contributed by atoms with Crippen LogP contribution in [0.1, 0.15) is 12.8 Å². The molecule has 126 valence electrons. The molecule has 1 saturated heterocycles. The van der Waals surface area contributed by atoms with Gasteiger partial charge in [-0.05, 0) is 30.7 Å². The maximum Gasteiger partial charge on any atom is 0.305 e. The highest BCUT2D eigenvalue weighted by Gasteiger charge is 2.36. The third-order valence-corrected chi connectivity index (χ3v) is 4.86. The first-order valence-electron chi connectivity index (χ1n) is 7.34. The van der Waals surface area contributed by atoms with Crippen LogP contribution in [0.4, 0.5) is 0 Å². The van der Waals surface area contributed by atoms with Crippen molar-refractivity contribution >= 4 is 23.6 Å².